The average Bonchev–Trinajstić information content (AvgIpc) is 3.28. The summed E-state index contributed by atoms with van der Waals surface area (Å²) in [4.78, 5) is 24.7. The molecule has 2 aromatic heterocycles. The van der Waals surface area contributed by atoms with Crippen molar-refractivity contribution in [1.82, 2.24) is 14.9 Å². The number of carbonyl (C=O) groups is 1. The Kier molecular flexibility index (Phi) is 9.53. The zero-order chi connectivity index (χ0) is 18.7. The summed E-state index contributed by atoms with van der Waals surface area (Å²) in [5, 5.41) is 3.69. The van der Waals surface area contributed by atoms with E-state index in [1.807, 2.05) is 44.5 Å². The van der Waals surface area contributed by atoms with E-state index in [9.17, 15) is 4.79 Å². The number of amides is 1. The van der Waals surface area contributed by atoms with Gasteiger partial charge in [0.25, 0.3) is 5.91 Å². The van der Waals surface area contributed by atoms with E-state index < -0.39 is 0 Å². The van der Waals surface area contributed by atoms with Crippen molar-refractivity contribution in [3.8, 4) is 10.6 Å². The highest BCUT2D eigenvalue weighted by atomic mass is 35.5. The third-order valence-corrected chi connectivity index (χ3v) is 6.55. The maximum atomic E-state index is 12.8. The first kappa shape index (κ1) is 24.5. The van der Waals surface area contributed by atoms with Crippen molar-refractivity contribution in [3.05, 3.63) is 57.0 Å². The smallest absolute Gasteiger partial charge is 0.273 e. The first-order valence-corrected chi connectivity index (χ1v) is 10.1. The Labute approximate surface area is 185 Å². The summed E-state index contributed by atoms with van der Waals surface area (Å²) in [6.45, 7) is 4.56. The lowest BCUT2D eigenvalue weighted by molar-refractivity contribution is 0.0739. The van der Waals surface area contributed by atoms with Crippen LogP contribution in [-0.4, -0.2) is 34.4 Å². The Morgan fingerprint density at radius 2 is 1.89 bits per heavy atom. The molecule has 3 rings (SSSR count). The van der Waals surface area contributed by atoms with E-state index >= 15 is 0 Å². The van der Waals surface area contributed by atoms with Crippen LogP contribution < -0.4 is 5.73 Å². The molecule has 1 unspecified atom stereocenters. The van der Waals surface area contributed by atoms with Crippen LogP contribution in [-0.2, 0) is 6.42 Å². The SMILES string of the molecule is Cc1nc(-c2ccccc2)sc1C(C)N(C)C(=O)c1csc(CCN)n1.Cl.Cl. The van der Waals surface area contributed by atoms with Gasteiger partial charge < -0.3 is 10.6 Å². The van der Waals surface area contributed by atoms with Crippen LogP contribution in [0.2, 0.25) is 0 Å². The molecule has 0 bridgehead atoms. The maximum absolute atomic E-state index is 12.8. The maximum Gasteiger partial charge on any atom is 0.273 e. The van der Waals surface area contributed by atoms with Gasteiger partial charge in [0, 0.05) is 24.4 Å². The summed E-state index contributed by atoms with van der Waals surface area (Å²) in [7, 11) is 1.82. The summed E-state index contributed by atoms with van der Waals surface area (Å²) < 4.78 is 0. The van der Waals surface area contributed by atoms with Crippen LogP contribution in [0.1, 0.15) is 39.0 Å². The van der Waals surface area contributed by atoms with E-state index in [0.29, 0.717) is 18.7 Å². The summed E-state index contributed by atoms with van der Waals surface area (Å²) in [6, 6.07) is 10.0. The number of thiazole rings is 2. The van der Waals surface area contributed by atoms with Gasteiger partial charge in [-0.1, -0.05) is 30.3 Å². The minimum absolute atomic E-state index is 0. The molecule has 3 aromatic rings. The summed E-state index contributed by atoms with van der Waals surface area (Å²) >= 11 is 3.12. The lowest BCUT2D eigenvalue weighted by Gasteiger charge is -2.23. The lowest BCUT2D eigenvalue weighted by atomic mass is 10.2. The van der Waals surface area contributed by atoms with Crippen LogP contribution in [0.4, 0.5) is 0 Å². The average molecular weight is 459 g/mol. The molecule has 152 valence electrons. The number of aromatic nitrogens is 2. The Balaban J connectivity index is 0.00000196. The van der Waals surface area contributed by atoms with Crippen LogP contribution in [0, 0.1) is 6.92 Å². The van der Waals surface area contributed by atoms with E-state index in [4.69, 9.17) is 10.7 Å². The standard InChI is InChI=1S/C19H22N4OS2.2ClH/c1-12-17(26-18(21-12)14-7-5-4-6-8-14)13(2)23(3)19(24)15-11-25-16(22-15)9-10-20;;/h4-8,11,13H,9-10,20H2,1-3H3;2*1H. The molecule has 5 nitrogen and oxygen atoms in total. The number of hydrogen-bond donors (Lipinski definition) is 1. The zero-order valence-electron chi connectivity index (χ0n) is 15.9. The predicted octanol–water partition coefficient (Wildman–Crippen LogP) is 4.75. The quantitative estimate of drug-likeness (QED) is 0.577. The van der Waals surface area contributed by atoms with Crippen molar-refractivity contribution in [1.29, 1.82) is 0 Å². The largest absolute Gasteiger partial charge is 0.333 e. The highest BCUT2D eigenvalue weighted by Gasteiger charge is 2.24. The van der Waals surface area contributed by atoms with Gasteiger partial charge in [0.15, 0.2) is 0 Å². The molecule has 28 heavy (non-hydrogen) atoms. The van der Waals surface area contributed by atoms with Gasteiger partial charge in [0.1, 0.15) is 10.7 Å². The lowest BCUT2D eigenvalue weighted by Crippen LogP contribution is -2.29. The normalized spacial score (nSPS) is 11.3. The van der Waals surface area contributed by atoms with Crippen molar-refractivity contribution < 1.29 is 4.79 Å². The van der Waals surface area contributed by atoms with Crippen molar-refractivity contribution in [2.75, 3.05) is 13.6 Å². The summed E-state index contributed by atoms with van der Waals surface area (Å²) in [5.41, 5.74) is 8.10. The zero-order valence-corrected chi connectivity index (χ0v) is 19.2. The van der Waals surface area contributed by atoms with Crippen molar-refractivity contribution in [2.45, 2.75) is 26.3 Å². The Bertz CT molecular complexity index is 898. The second-order valence-electron chi connectivity index (χ2n) is 6.09. The molecule has 2 heterocycles. The van der Waals surface area contributed by atoms with Gasteiger partial charge >= 0.3 is 0 Å². The highest BCUT2D eigenvalue weighted by molar-refractivity contribution is 7.15. The van der Waals surface area contributed by atoms with Crippen LogP contribution in [0.5, 0.6) is 0 Å². The third kappa shape index (κ3) is 5.30. The van der Waals surface area contributed by atoms with E-state index in [1.165, 1.54) is 11.3 Å². The molecule has 9 heteroatoms. The molecule has 0 aliphatic carbocycles. The minimum atomic E-state index is -0.0777. The van der Waals surface area contributed by atoms with Crippen molar-refractivity contribution in [2.24, 2.45) is 5.73 Å². The number of carbonyl (C=O) groups excluding carboxylic acids is 1. The molecule has 0 saturated heterocycles. The van der Waals surface area contributed by atoms with Crippen molar-refractivity contribution in [3.63, 3.8) is 0 Å². The fraction of sp³-hybridized carbons (Fsp3) is 0.316. The van der Waals surface area contributed by atoms with E-state index in [2.05, 4.69) is 17.1 Å². The second kappa shape index (κ2) is 10.9. The van der Waals surface area contributed by atoms with E-state index in [0.717, 1.165) is 26.1 Å². The van der Waals surface area contributed by atoms with Gasteiger partial charge in [-0.3, -0.25) is 4.79 Å². The first-order valence-electron chi connectivity index (χ1n) is 8.45. The molecule has 0 radical (unpaired) electrons. The molecule has 1 aromatic carbocycles. The van der Waals surface area contributed by atoms with Gasteiger partial charge in [0.2, 0.25) is 0 Å². The van der Waals surface area contributed by atoms with Crippen LogP contribution in [0.25, 0.3) is 10.6 Å². The van der Waals surface area contributed by atoms with Gasteiger partial charge in [-0.15, -0.1) is 47.5 Å². The van der Waals surface area contributed by atoms with Gasteiger partial charge in [-0.25, -0.2) is 9.97 Å². The van der Waals surface area contributed by atoms with Crippen LogP contribution in [0.3, 0.4) is 0 Å². The number of benzene rings is 1. The Morgan fingerprint density at radius 1 is 1.21 bits per heavy atom. The molecule has 0 spiro atoms. The molecular weight excluding hydrogens is 435 g/mol. The number of nitrogens with zero attached hydrogens (tertiary/aromatic N) is 3. The molecule has 0 aliphatic rings. The van der Waals surface area contributed by atoms with Crippen LogP contribution in [0.15, 0.2) is 35.7 Å². The summed E-state index contributed by atoms with van der Waals surface area (Å²) in [6.07, 6.45) is 0.700. The molecule has 0 aliphatic heterocycles. The monoisotopic (exact) mass is 458 g/mol. The van der Waals surface area contributed by atoms with Gasteiger partial charge in [-0.2, -0.15) is 0 Å². The molecule has 1 amide bonds. The number of hydrogen-bond acceptors (Lipinski definition) is 6. The number of nitrogens with two attached hydrogens (primary N) is 1. The number of halogens is 2. The molecular formula is C19H24Cl2N4OS2. The topological polar surface area (TPSA) is 72.1 Å². The molecule has 0 fully saturated rings. The van der Waals surface area contributed by atoms with Gasteiger partial charge in [0.05, 0.1) is 21.6 Å². The third-order valence-electron chi connectivity index (χ3n) is 4.26. The molecule has 0 saturated carbocycles. The number of rotatable bonds is 6. The number of aryl methyl sites for hydroxylation is 1. The Hall–Kier alpha value is -1.51. The van der Waals surface area contributed by atoms with E-state index in [-0.39, 0.29) is 36.8 Å². The second-order valence-corrected chi connectivity index (χ2v) is 8.07. The molecule has 1 atom stereocenters. The fourth-order valence-corrected chi connectivity index (χ4v) is 4.63. The summed E-state index contributed by atoms with van der Waals surface area (Å²) in [5.74, 6) is -0.0777. The van der Waals surface area contributed by atoms with Gasteiger partial charge in [-0.05, 0) is 20.4 Å². The fourth-order valence-electron chi connectivity index (χ4n) is 2.68. The minimum Gasteiger partial charge on any atom is -0.333 e. The van der Waals surface area contributed by atoms with E-state index in [1.54, 1.807) is 16.2 Å². The van der Waals surface area contributed by atoms with Crippen LogP contribution >= 0.6 is 47.5 Å². The Morgan fingerprint density at radius 3 is 2.54 bits per heavy atom. The molecule has 2 N–H and O–H groups in total. The first-order chi connectivity index (χ1) is 12.5. The predicted molar refractivity (Wildman–Crippen MR) is 122 cm³/mol. The highest BCUT2D eigenvalue weighted by Crippen LogP contribution is 2.34. The van der Waals surface area contributed by atoms with Crippen molar-refractivity contribution >= 4 is 53.4 Å².